The van der Waals surface area contributed by atoms with E-state index in [9.17, 15) is 0 Å². The van der Waals surface area contributed by atoms with Crippen LogP contribution in [0.25, 0.3) is 0 Å². The van der Waals surface area contributed by atoms with Gasteiger partial charge in [-0.25, -0.2) is 0 Å². The van der Waals surface area contributed by atoms with Gasteiger partial charge in [0.2, 0.25) is 0 Å². The van der Waals surface area contributed by atoms with Crippen molar-refractivity contribution in [3.05, 3.63) is 64.7 Å². The molecular formula is C18H23NS. The van der Waals surface area contributed by atoms with Gasteiger partial charge in [0, 0.05) is 23.7 Å². The number of nitrogens with one attached hydrogen (secondary N) is 1. The number of hydrogen-bond donors (Lipinski definition) is 1. The first kappa shape index (κ1) is 15.0. The topological polar surface area (TPSA) is 12.0 Å². The standard InChI is InChI=1S/C18H23NS/c1-14-5-4-6-18(12-14)19-7-8-20-13-17-10-15(2)9-16(3)11-17/h4-6,9-12,19H,7-8,13H2,1-3H3. The summed E-state index contributed by atoms with van der Waals surface area (Å²) in [5.74, 6) is 2.22. The summed E-state index contributed by atoms with van der Waals surface area (Å²) in [5, 5.41) is 3.47. The minimum absolute atomic E-state index is 1.01. The molecule has 0 atom stereocenters. The highest BCUT2D eigenvalue weighted by atomic mass is 32.2. The molecule has 0 saturated carbocycles. The Morgan fingerprint density at radius 1 is 0.900 bits per heavy atom. The zero-order chi connectivity index (χ0) is 14.4. The zero-order valence-electron chi connectivity index (χ0n) is 12.6. The number of rotatable bonds is 6. The van der Waals surface area contributed by atoms with Crippen molar-refractivity contribution in [2.45, 2.75) is 26.5 Å². The summed E-state index contributed by atoms with van der Waals surface area (Å²) in [6.07, 6.45) is 0. The van der Waals surface area contributed by atoms with Crippen LogP contribution in [0.2, 0.25) is 0 Å². The molecule has 0 aliphatic rings. The summed E-state index contributed by atoms with van der Waals surface area (Å²) >= 11 is 1.98. The average molecular weight is 285 g/mol. The van der Waals surface area contributed by atoms with Gasteiger partial charge in [-0.2, -0.15) is 11.8 Å². The molecular weight excluding hydrogens is 262 g/mol. The van der Waals surface area contributed by atoms with Crippen LogP contribution in [-0.4, -0.2) is 12.3 Å². The lowest BCUT2D eigenvalue weighted by Gasteiger charge is -2.08. The van der Waals surface area contributed by atoms with Crippen molar-refractivity contribution in [1.29, 1.82) is 0 Å². The monoisotopic (exact) mass is 285 g/mol. The number of aryl methyl sites for hydroxylation is 3. The van der Waals surface area contributed by atoms with Crippen LogP contribution in [-0.2, 0) is 5.75 Å². The van der Waals surface area contributed by atoms with Gasteiger partial charge in [-0.15, -0.1) is 0 Å². The predicted octanol–water partition coefficient (Wildman–Crippen LogP) is 4.96. The SMILES string of the molecule is Cc1cc(C)cc(CSCCNc2cccc(C)c2)c1. The summed E-state index contributed by atoms with van der Waals surface area (Å²) in [6, 6.07) is 15.3. The van der Waals surface area contributed by atoms with Gasteiger partial charge in [0.05, 0.1) is 0 Å². The molecule has 2 rings (SSSR count). The first-order chi connectivity index (χ1) is 9.63. The lowest BCUT2D eigenvalue weighted by Crippen LogP contribution is -2.04. The van der Waals surface area contributed by atoms with Gasteiger partial charge in [-0.05, 0) is 44.0 Å². The zero-order valence-corrected chi connectivity index (χ0v) is 13.4. The Bertz CT molecular complexity index is 543. The molecule has 2 aromatic rings. The molecule has 0 aromatic heterocycles. The molecule has 0 aliphatic carbocycles. The Balaban J connectivity index is 1.71. The molecule has 2 aromatic carbocycles. The van der Waals surface area contributed by atoms with Gasteiger partial charge in [0.1, 0.15) is 0 Å². The Morgan fingerprint density at radius 3 is 2.35 bits per heavy atom. The van der Waals surface area contributed by atoms with Gasteiger partial charge in [0.15, 0.2) is 0 Å². The van der Waals surface area contributed by atoms with Crippen LogP contribution in [0.15, 0.2) is 42.5 Å². The first-order valence-electron chi connectivity index (χ1n) is 7.09. The van der Waals surface area contributed by atoms with E-state index in [1.54, 1.807) is 0 Å². The van der Waals surface area contributed by atoms with Gasteiger partial charge >= 0.3 is 0 Å². The van der Waals surface area contributed by atoms with Crippen LogP contribution in [0, 0.1) is 20.8 Å². The predicted molar refractivity (Wildman–Crippen MR) is 91.7 cm³/mol. The van der Waals surface area contributed by atoms with Crippen molar-refractivity contribution < 1.29 is 0 Å². The fraction of sp³-hybridized carbons (Fsp3) is 0.333. The van der Waals surface area contributed by atoms with Crippen molar-refractivity contribution in [3.8, 4) is 0 Å². The first-order valence-corrected chi connectivity index (χ1v) is 8.24. The van der Waals surface area contributed by atoms with Crippen molar-refractivity contribution in [3.63, 3.8) is 0 Å². The van der Waals surface area contributed by atoms with Gasteiger partial charge in [-0.1, -0.05) is 41.5 Å². The number of anilines is 1. The average Bonchev–Trinajstić information content (AvgIpc) is 2.37. The van der Waals surface area contributed by atoms with Crippen molar-refractivity contribution in [2.24, 2.45) is 0 Å². The highest BCUT2D eigenvalue weighted by molar-refractivity contribution is 7.98. The second-order valence-electron chi connectivity index (χ2n) is 5.34. The van der Waals surface area contributed by atoms with E-state index in [0.717, 1.165) is 18.1 Å². The van der Waals surface area contributed by atoms with Crippen LogP contribution in [0.1, 0.15) is 22.3 Å². The maximum absolute atomic E-state index is 3.47. The number of benzene rings is 2. The third-order valence-corrected chi connectivity index (χ3v) is 4.17. The molecule has 106 valence electrons. The smallest absolute Gasteiger partial charge is 0.0343 e. The quantitative estimate of drug-likeness (QED) is 0.753. The molecule has 0 spiro atoms. The maximum Gasteiger partial charge on any atom is 0.0343 e. The largest absolute Gasteiger partial charge is 0.384 e. The maximum atomic E-state index is 3.47. The molecule has 20 heavy (non-hydrogen) atoms. The van der Waals surface area contributed by atoms with E-state index in [1.165, 1.54) is 27.9 Å². The second kappa shape index (κ2) is 7.39. The molecule has 2 heteroatoms. The molecule has 0 aliphatic heterocycles. The molecule has 1 nitrogen and oxygen atoms in total. The van der Waals surface area contributed by atoms with E-state index in [-0.39, 0.29) is 0 Å². The Morgan fingerprint density at radius 2 is 1.65 bits per heavy atom. The third kappa shape index (κ3) is 4.93. The summed E-state index contributed by atoms with van der Waals surface area (Å²) in [4.78, 5) is 0. The molecule has 0 unspecified atom stereocenters. The molecule has 1 N–H and O–H groups in total. The molecule has 0 radical (unpaired) electrons. The Hall–Kier alpha value is -1.41. The molecule has 0 heterocycles. The van der Waals surface area contributed by atoms with Gasteiger partial charge in [-0.3, -0.25) is 0 Å². The molecule has 0 amide bonds. The Labute approximate surface area is 126 Å². The lowest BCUT2D eigenvalue weighted by atomic mass is 10.1. The summed E-state index contributed by atoms with van der Waals surface area (Å²) in [5.41, 5.74) is 6.68. The Kier molecular flexibility index (Phi) is 5.54. The third-order valence-electron chi connectivity index (χ3n) is 3.14. The van der Waals surface area contributed by atoms with Gasteiger partial charge in [0.25, 0.3) is 0 Å². The van der Waals surface area contributed by atoms with Crippen LogP contribution in [0.4, 0.5) is 5.69 Å². The van der Waals surface area contributed by atoms with Crippen molar-refractivity contribution in [1.82, 2.24) is 0 Å². The number of hydrogen-bond acceptors (Lipinski definition) is 2. The van der Waals surface area contributed by atoms with E-state index in [4.69, 9.17) is 0 Å². The normalized spacial score (nSPS) is 10.6. The highest BCUT2D eigenvalue weighted by Gasteiger charge is 1.97. The minimum atomic E-state index is 1.01. The molecule has 0 fully saturated rings. The summed E-state index contributed by atoms with van der Waals surface area (Å²) in [7, 11) is 0. The fourth-order valence-corrected chi connectivity index (χ4v) is 3.16. The fourth-order valence-electron chi connectivity index (χ4n) is 2.36. The summed E-state index contributed by atoms with van der Waals surface area (Å²) in [6.45, 7) is 7.47. The summed E-state index contributed by atoms with van der Waals surface area (Å²) < 4.78 is 0. The minimum Gasteiger partial charge on any atom is -0.384 e. The molecule has 0 bridgehead atoms. The van der Waals surface area contributed by atoms with Crippen LogP contribution < -0.4 is 5.32 Å². The van der Waals surface area contributed by atoms with Crippen LogP contribution in [0.5, 0.6) is 0 Å². The highest BCUT2D eigenvalue weighted by Crippen LogP contribution is 2.16. The molecule has 0 saturated heterocycles. The van der Waals surface area contributed by atoms with Crippen molar-refractivity contribution >= 4 is 17.4 Å². The van der Waals surface area contributed by atoms with Crippen molar-refractivity contribution in [2.75, 3.05) is 17.6 Å². The lowest BCUT2D eigenvalue weighted by molar-refractivity contribution is 1.21. The number of thioether (sulfide) groups is 1. The van der Waals surface area contributed by atoms with E-state index in [0.29, 0.717) is 0 Å². The second-order valence-corrected chi connectivity index (χ2v) is 6.45. The van der Waals surface area contributed by atoms with Crippen LogP contribution >= 0.6 is 11.8 Å². The van der Waals surface area contributed by atoms with E-state index in [1.807, 2.05) is 11.8 Å². The van der Waals surface area contributed by atoms with E-state index in [2.05, 4.69) is 68.6 Å². The van der Waals surface area contributed by atoms with Gasteiger partial charge < -0.3 is 5.32 Å². The van der Waals surface area contributed by atoms with Crippen LogP contribution in [0.3, 0.4) is 0 Å². The van der Waals surface area contributed by atoms with E-state index >= 15 is 0 Å². The van der Waals surface area contributed by atoms with E-state index < -0.39 is 0 Å².